The Bertz CT molecular complexity index is 726. The summed E-state index contributed by atoms with van der Waals surface area (Å²) < 4.78 is 0.826. The molecule has 0 aliphatic rings. The topological polar surface area (TPSA) is 73.1 Å². The molecule has 0 saturated heterocycles. The number of carbonyl (C=O) groups is 1. The molecule has 0 spiro atoms. The third kappa shape index (κ3) is 3.10. The van der Waals surface area contributed by atoms with Crippen LogP contribution in [-0.4, -0.2) is 11.1 Å². The highest BCUT2D eigenvalue weighted by molar-refractivity contribution is 9.10. The Morgan fingerprint density at radius 3 is 2.65 bits per heavy atom. The fraction of sp³-hybridized carbons (Fsp3) is 0. The molecule has 20 heavy (non-hydrogen) atoms. The normalized spacial score (nSPS) is 9.85. The molecule has 0 aromatic heterocycles. The van der Waals surface area contributed by atoms with E-state index in [1.807, 2.05) is 0 Å². The Balaban J connectivity index is 2.36. The number of nitriles is 1. The largest absolute Gasteiger partial charge is 0.478 e. The van der Waals surface area contributed by atoms with E-state index in [1.54, 1.807) is 24.3 Å². The minimum Gasteiger partial charge on any atom is -0.478 e. The van der Waals surface area contributed by atoms with Crippen molar-refractivity contribution in [2.45, 2.75) is 0 Å². The van der Waals surface area contributed by atoms with Gasteiger partial charge in [-0.15, -0.1) is 0 Å². The lowest BCUT2D eigenvalue weighted by atomic mass is 10.1. The quantitative estimate of drug-likeness (QED) is 0.858. The predicted octanol–water partition coefficient (Wildman–Crippen LogP) is 4.42. The number of carboxylic acid groups (broad SMARTS) is 1. The van der Waals surface area contributed by atoms with Crippen molar-refractivity contribution in [3.05, 3.63) is 57.0 Å². The first kappa shape index (κ1) is 14.4. The average molecular weight is 352 g/mol. The van der Waals surface area contributed by atoms with Crippen molar-refractivity contribution >= 4 is 44.9 Å². The van der Waals surface area contributed by atoms with E-state index >= 15 is 0 Å². The SMILES string of the molecule is N#Cc1ccc(Br)cc1Nc1ccc(C(=O)O)c(Cl)c1. The minimum absolute atomic E-state index is 0.0342. The summed E-state index contributed by atoms with van der Waals surface area (Å²) in [5.74, 6) is -1.08. The number of nitrogens with zero attached hydrogens (tertiary/aromatic N) is 1. The van der Waals surface area contributed by atoms with Gasteiger partial charge in [0, 0.05) is 10.2 Å². The molecule has 6 heteroatoms. The second-order valence-electron chi connectivity index (χ2n) is 3.93. The summed E-state index contributed by atoms with van der Waals surface area (Å²) in [4.78, 5) is 10.9. The molecule has 0 radical (unpaired) electrons. The van der Waals surface area contributed by atoms with Gasteiger partial charge in [-0.05, 0) is 36.4 Å². The molecule has 2 rings (SSSR count). The number of hydrogen-bond donors (Lipinski definition) is 2. The van der Waals surface area contributed by atoms with E-state index in [2.05, 4.69) is 27.3 Å². The Morgan fingerprint density at radius 1 is 1.30 bits per heavy atom. The van der Waals surface area contributed by atoms with Gasteiger partial charge in [-0.25, -0.2) is 4.79 Å². The summed E-state index contributed by atoms with van der Waals surface area (Å²) >= 11 is 9.23. The lowest BCUT2D eigenvalue weighted by Gasteiger charge is -2.10. The van der Waals surface area contributed by atoms with Crippen LogP contribution < -0.4 is 5.32 Å². The first-order valence-electron chi connectivity index (χ1n) is 5.51. The van der Waals surface area contributed by atoms with Gasteiger partial charge in [0.15, 0.2) is 0 Å². The molecule has 2 aromatic rings. The molecule has 2 aromatic carbocycles. The summed E-state index contributed by atoms with van der Waals surface area (Å²) in [6, 6.07) is 11.8. The minimum atomic E-state index is -1.08. The first-order valence-corrected chi connectivity index (χ1v) is 6.68. The van der Waals surface area contributed by atoms with Crippen molar-refractivity contribution < 1.29 is 9.90 Å². The lowest BCUT2D eigenvalue weighted by molar-refractivity contribution is 0.0697. The van der Waals surface area contributed by atoms with E-state index in [0.717, 1.165) is 4.47 Å². The van der Waals surface area contributed by atoms with Gasteiger partial charge in [0.2, 0.25) is 0 Å². The smallest absolute Gasteiger partial charge is 0.337 e. The highest BCUT2D eigenvalue weighted by atomic mass is 79.9. The predicted molar refractivity (Wildman–Crippen MR) is 80.6 cm³/mol. The molecule has 0 bridgehead atoms. The van der Waals surface area contributed by atoms with Gasteiger partial charge in [0.05, 0.1) is 21.8 Å². The fourth-order valence-electron chi connectivity index (χ4n) is 1.64. The monoisotopic (exact) mass is 350 g/mol. The summed E-state index contributed by atoms with van der Waals surface area (Å²) in [7, 11) is 0. The second kappa shape index (κ2) is 5.95. The lowest BCUT2D eigenvalue weighted by Crippen LogP contribution is -1.99. The molecule has 0 fully saturated rings. The molecule has 4 nitrogen and oxygen atoms in total. The number of hydrogen-bond acceptors (Lipinski definition) is 3. The summed E-state index contributed by atoms with van der Waals surface area (Å²) in [5.41, 5.74) is 1.73. The van der Waals surface area contributed by atoms with Crippen molar-refractivity contribution in [2.75, 3.05) is 5.32 Å². The zero-order valence-electron chi connectivity index (χ0n) is 10.0. The van der Waals surface area contributed by atoms with Gasteiger partial charge < -0.3 is 10.4 Å². The van der Waals surface area contributed by atoms with E-state index < -0.39 is 5.97 Å². The second-order valence-corrected chi connectivity index (χ2v) is 5.25. The molecule has 0 amide bonds. The molecule has 0 saturated carbocycles. The van der Waals surface area contributed by atoms with E-state index in [0.29, 0.717) is 16.9 Å². The number of aromatic carboxylic acids is 1. The third-order valence-electron chi connectivity index (χ3n) is 2.58. The van der Waals surface area contributed by atoms with E-state index in [-0.39, 0.29) is 10.6 Å². The number of carboxylic acids is 1. The van der Waals surface area contributed by atoms with E-state index in [9.17, 15) is 4.79 Å². The average Bonchev–Trinajstić information content (AvgIpc) is 2.38. The molecular weight excluding hydrogens is 344 g/mol. The zero-order valence-corrected chi connectivity index (χ0v) is 12.4. The van der Waals surface area contributed by atoms with Gasteiger partial charge in [-0.2, -0.15) is 5.26 Å². The number of nitrogens with one attached hydrogen (secondary N) is 1. The molecular formula is C14H8BrClN2O2. The summed E-state index contributed by atoms with van der Waals surface area (Å²) in [5, 5.41) is 21.1. The maximum Gasteiger partial charge on any atom is 0.337 e. The van der Waals surface area contributed by atoms with Gasteiger partial charge in [-0.1, -0.05) is 27.5 Å². The first-order chi connectivity index (χ1) is 9.51. The van der Waals surface area contributed by atoms with Crippen LogP contribution in [0.5, 0.6) is 0 Å². The van der Waals surface area contributed by atoms with Crippen molar-refractivity contribution in [3.63, 3.8) is 0 Å². The molecule has 2 N–H and O–H groups in total. The number of halogens is 2. The van der Waals surface area contributed by atoms with Crippen LogP contribution in [0.1, 0.15) is 15.9 Å². The van der Waals surface area contributed by atoms with Gasteiger partial charge >= 0.3 is 5.97 Å². The summed E-state index contributed by atoms with van der Waals surface area (Å²) in [6.45, 7) is 0. The molecule has 0 heterocycles. The Labute approximate surface area is 128 Å². The number of benzene rings is 2. The third-order valence-corrected chi connectivity index (χ3v) is 3.39. The van der Waals surface area contributed by atoms with Crippen molar-refractivity contribution in [2.24, 2.45) is 0 Å². The van der Waals surface area contributed by atoms with E-state index in [4.69, 9.17) is 22.0 Å². The van der Waals surface area contributed by atoms with Crippen molar-refractivity contribution in [3.8, 4) is 6.07 Å². The number of anilines is 2. The molecule has 0 aliphatic heterocycles. The number of rotatable bonds is 3. The van der Waals surface area contributed by atoms with E-state index in [1.165, 1.54) is 12.1 Å². The van der Waals surface area contributed by atoms with Crippen LogP contribution in [0.3, 0.4) is 0 Å². The molecule has 0 aliphatic carbocycles. The van der Waals surface area contributed by atoms with Crippen molar-refractivity contribution in [1.82, 2.24) is 0 Å². The van der Waals surface area contributed by atoms with Gasteiger partial charge in [0.25, 0.3) is 0 Å². The Hall–Kier alpha value is -2.03. The van der Waals surface area contributed by atoms with Crippen LogP contribution in [0.25, 0.3) is 0 Å². The maximum absolute atomic E-state index is 10.9. The van der Waals surface area contributed by atoms with Crippen LogP contribution in [0.15, 0.2) is 40.9 Å². The highest BCUT2D eigenvalue weighted by Gasteiger charge is 2.10. The highest BCUT2D eigenvalue weighted by Crippen LogP contribution is 2.27. The van der Waals surface area contributed by atoms with Crippen LogP contribution in [0.2, 0.25) is 5.02 Å². The standard InChI is InChI=1S/C14H8BrClN2O2/c15-9-2-1-8(7-17)13(5-9)18-10-3-4-11(14(19)20)12(16)6-10/h1-6,18H,(H,19,20). The van der Waals surface area contributed by atoms with Gasteiger partial charge in [0.1, 0.15) is 6.07 Å². The Morgan fingerprint density at radius 2 is 2.05 bits per heavy atom. The van der Waals surface area contributed by atoms with Crippen LogP contribution in [0.4, 0.5) is 11.4 Å². The zero-order chi connectivity index (χ0) is 14.7. The van der Waals surface area contributed by atoms with Crippen LogP contribution >= 0.6 is 27.5 Å². The summed E-state index contributed by atoms with van der Waals surface area (Å²) in [6.07, 6.45) is 0. The molecule has 0 unspecified atom stereocenters. The fourth-order valence-corrected chi connectivity index (χ4v) is 2.26. The van der Waals surface area contributed by atoms with Crippen molar-refractivity contribution in [1.29, 1.82) is 5.26 Å². The van der Waals surface area contributed by atoms with Crippen LogP contribution in [0, 0.1) is 11.3 Å². The molecule has 100 valence electrons. The van der Waals surface area contributed by atoms with Crippen LogP contribution in [-0.2, 0) is 0 Å². The maximum atomic E-state index is 10.9. The Kier molecular flexibility index (Phi) is 4.28. The molecule has 0 atom stereocenters. The van der Waals surface area contributed by atoms with Gasteiger partial charge in [-0.3, -0.25) is 0 Å².